The van der Waals surface area contributed by atoms with E-state index in [-0.39, 0.29) is 29.5 Å². The van der Waals surface area contributed by atoms with Gasteiger partial charge in [-0.15, -0.1) is 11.8 Å². The first-order valence-electron chi connectivity index (χ1n) is 11.7. The van der Waals surface area contributed by atoms with Gasteiger partial charge >= 0.3 is 0 Å². The fourth-order valence-electron chi connectivity index (χ4n) is 5.59. The van der Waals surface area contributed by atoms with E-state index in [1.54, 1.807) is 6.07 Å². The van der Waals surface area contributed by atoms with Crippen LogP contribution in [0.1, 0.15) is 46.1 Å². The second-order valence-corrected chi connectivity index (χ2v) is 10.3. The van der Waals surface area contributed by atoms with Crippen LogP contribution in [0.5, 0.6) is 5.75 Å². The zero-order valence-electron chi connectivity index (χ0n) is 19.0. The van der Waals surface area contributed by atoms with Gasteiger partial charge < -0.3 is 10.0 Å². The second-order valence-electron chi connectivity index (χ2n) is 9.30. The van der Waals surface area contributed by atoms with Gasteiger partial charge in [-0.1, -0.05) is 24.3 Å². The molecule has 1 fully saturated rings. The Labute approximate surface area is 208 Å². The van der Waals surface area contributed by atoms with Gasteiger partial charge in [0.2, 0.25) is 5.43 Å². The summed E-state index contributed by atoms with van der Waals surface area (Å²) < 4.78 is 44.6. The maximum absolute atomic E-state index is 15.1. The van der Waals surface area contributed by atoms with E-state index in [0.717, 1.165) is 16.5 Å². The first-order chi connectivity index (χ1) is 17.4. The molecule has 3 aliphatic rings. The highest BCUT2D eigenvalue weighted by Gasteiger charge is 2.47. The number of carbonyl (C=O) groups excluding carboxylic acids is 1. The van der Waals surface area contributed by atoms with Crippen LogP contribution in [-0.4, -0.2) is 40.0 Å². The van der Waals surface area contributed by atoms with Crippen molar-refractivity contribution in [2.75, 3.05) is 18.2 Å². The van der Waals surface area contributed by atoms with E-state index in [1.165, 1.54) is 33.6 Å². The van der Waals surface area contributed by atoms with Crippen LogP contribution in [0, 0.1) is 17.6 Å². The molecule has 36 heavy (non-hydrogen) atoms. The summed E-state index contributed by atoms with van der Waals surface area (Å²) in [5.74, 6) is -3.29. The number of aromatic nitrogens is 1. The van der Waals surface area contributed by atoms with Crippen molar-refractivity contribution in [3.8, 4) is 5.75 Å². The fraction of sp³-hybridized carbons (Fsp3) is 0.308. The number of rotatable bonds is 2. The standard InChI is InChI=1S/C26H22F3N3O3S/c27-11-14-5-8-21-30(12-14)26(35)24-25(34)19(33)9-10-31(24)32(21)23-15-6-7-18(28)22(29)17(15)13-36-20-4-2-1-3-16(20)23/h1-4,6-7,9-10,14,21,23,34H,5,8,11-13H2/t14?,21-,23+/m1/s1. The number of fused-ring (bicyclic) bond motifs is 4. The Morgan fingerprint density at radius 2 is 1.83 bits per heavy atom. The van der Waals surface area contributed by atoms with Gasteiger partial charge in [0.1, 0.15) is 6.17 Å². The van der Waals surface area contributed by atoms with E-state index in [2.05, 4.69) is 0 Å². The van der Waals surface area contributed by atoms with Gasteiger partial charge in [0.05, 0.1) is 12.7 Å². The third-order valence-electron chi connectivity index (χ3n) is 7.31. The molecular formula is C26H22F3N3O3S. The Bertz CT molecular complexity index is 1450. The highest BCUT2D eigenvalue weighted by Crippen LogP contribution is 2.46. The van der Waals surface area contributed by atoms with Crippen molar-refractivity contribution < 1.29 is 23.1 Å². The molecule has 4 heterocycles. The largest absolute Gasteiger partial charge is 0.502 e. The number of benzene rings is 2. The predicted molar refractivity (Wildman–Crippen MR) is 128 cm³/mol. The number of alkyl halides is 1. The Morgan fingerprint density at radius 1 is 1.03 bits per heavy atom. The van der Waals surface area contributed by atoms with E-state index in [9.17, 15) is 23.5 Å². The topological polar surface area (TPSA) is 65.8 Å². The van der Waals surface area contributed by atoms with Crippen LogP contribution in [0.3, 0.4) is 0 Å². The van der Waals surface area contributed by atoms with Crippen LogP contribution < -0.4 is 10.4 Å². The molecule has 3 atom stereocenters. The molecule has 186 valence electrons. The monoisotopic (exact) mass is 513 g/mol. The van der Waals surface area contributed by atoms with Crippen LogP contribution in [0.15, 0.2) is 58.4 Å². The summed E-state index contributed by atoms with van der Waals surface area (Å²) in [7, 11) is 0. The molecule has 1 N–H and O–H groups in total. The molecule has 0 bridgehead atoms. The molecule has 1 aromatic heterocycles. The quantitative estimate of drug-likeness (QED) is 0.553. The molecule has 10 heteroatoms. The molecule has 1 unspecified atom stereocenters. The van der Waals surface area contributed by atoms with E-state index in [4.69, 9.17) is 0 Å². The number of pyridine rings is 1. The lowest BCUT2D eigenvalue weighted by atomic mass is 9.90. The Balaban J connectivity index is 1.65. The third kappa shape index (κ3) is 3.34. The molecule has 0 spiro atoms. The van der Waals surface area contributed by atoms with Crippen molar-refractivity contribution in [2.45, 2.75) is 35.7 Å². The highest BCUT2D eigenvalue weighted by molar-refractivity contribution is 7.98. The number of thioether (sulfide) groups is 1. The number of hydrogen-bond donors (Lipinski definition) is 1. The third-order valence-corrected chi connectivity index (χ3v) is 8.43. The van der Waals surface area contributed by atoms with Gasteiger partial charge in [0.15, 0.2) is 23.1 Å². The van der Waals surface area contributed by atoms with Crippen molar-refractivity contribution >= 4 is 17.7 Å². The van der Waals surface area contributed by atoms with Crippen LogP contribution in [-0.2, 0) is 5.75 Å². The van der Waals surface area contributed by atoms with Crippen LogP contribution >= 0.6 is 11.8 Å². The zero-order valence-corrected chi connectivity index (χ0v) is 19.9. The lowest BCUT2D eigenvalue weighted by Gasteiger charge is -2.52. The molecule has 0 radical (unpaired) electrons. The molecule has 1 amide bonds. The number of nitrogens with zero attached hydrogens (tertiary/aromatic N) is 3. The summed E-state index contributed by atoms with van der Waals surface area (Å²) in [5, 5.41) is 12.5. The average Bonchev–Trinajstić information content (AvgIpc) is 3.06. The van der Waals surface area contributed by atoms with E-state index in [0.29, 0.717) is 18.4 Å². The second kappa shape index (κ2) is 8.62. The minimum absolute atomic E-state index is 0.118. The minimum atomic E-state index is -0.945. The molecule has 6 nitrogen and oxygen atoms in total. The van der Waals surface area contributed by atoms with Crippen molar-refractivity contribution in [2.24, 2.45) is 5.92 Å². The smallest absolute Gasteiger partial charge is 0.278 e. The number of halogens is 3. The van der Waals surface area contributed by atoms with Gasteiger partial charge in [-0.05, 0) is 36.1 Å². The number of aromatic hydroxyl groups is 1. The Kier molecular flexibility index (Phi) is 5.51. The molecule has 6 rings (SSSR count). The lowest BCUT2D eigenvalue weighted by Crippen LogP contribution is -2.65. The van der Waals surface area contributed by atoms with Crippen molar-refractivity contribution in [3.05, 3.63) is 92.9 Å². The first-order valence-corrected chi connectivity index (χ1v) is 12.7. The SMILES string of the molecule is O=C1c2c(O)c(=O)ccn2N([C@@H]2c3ccccc3SCc3c2ccc(F)c3F)[C@@H]2CCC(CF)CN12. The molecule has 3 aliphatic heterocycles. The van der Waals surface area contributed by atoms with Crippen molar-refractivity contribution in [3.63, 3.8) is 0 Å². The summed E-state index contributed by atoms with van der Waals surface area (Å²) in [6.45, 7) is -0.479. The van der Waals surface area contributed by atoms with Crippen LogP contribution in [0.2, 0.25) is 0 Å². The van der Waals surface area contributed by atoms with Crippen molar-refractivity contribution in [1.29, 1.82) is 0 Å². The summed E-state index contributed by atoms with van der Waals surface area (Å²) >= 11 is 1.39. The van der Waals surface area contributed by atoms with Gasteiger partial charge in [0, 0.05) is 40.9 Å². The molecule has 0 saturated carbocycles. The van der Waals surface area contributed by atoms with Gasteiger partial charge in [0.25, 0.3) is 5.91 Å². The van der Waals surface area contributed by atoms with Crippen LogP contribution in [0.25, 0.3) is 0 Å². The fourth-order valence-corrected chi connectivity index (χ4v) is 6.70. The summed E-state index contributed by atoms with van der Waals surface area (Å²) in [6, 6.07) is 10.7. The number of hydrogen-bond acceptors (Lipinski definition) is 5. The van der Waals surface area contributed by atoms with Gasteiger partial charge in [-0.2, -0.15) is 0 Å². The molecular weight excluding hydrogens is 491 g/mol. The Morgan fingerprint density at radius 3 is 2.64 bits per heavy atom. The van der Waals surface area contributed by atoms with Crippen LogP contribution in [0.4, 0.5) is 13.2 Å². The minimum Gasteiger partial charge on any atom is -0.502 e. The molecule has 0 aliphatic carbocycles. The lowest BCUT2D eigenvalue weighted by molar-refractivity contribution is 0.0336. The number of piperidine rings is 1. The van der Waals surface area contributed by atoms with E-state index in [1.807, 2.05) is 29.3 Å². The predicted octanol–water partition coefficient (Wildman–Crippen LogP) is 4.33. The van der Waals surface area contributed by atoms with Gasteiger partial charge in [-0.25, -0.2) is 8.78 Å². The Hall–Kier alpha value is -3.40. The summed E-state index contributed by atoms with van der Waals surface area (Å²) in [4.78, 5) is 28.2. The molecule has 2 aromatic carbocycles. The average molecular weight is 514 g/mol. The molecule has 3 aromatic rings. The van der Waals surface area contributed by atoms with E-state index < -0.39 is 47.6 Å². The van der Waals surface area contributed by atoms with E-state index >= 15 is 4.39 Å². The summed E-state index contributed by atoms with van der Waals surface area (Å²) in [5.41, 5.74) is 0.624. The maximum Gasteiger partial charge on any atom is 0.278 e. The number of carbonyl (C=O) groups is 1. The number of amides is 1. The first kappa shape index (κ1) is 23.0. The summed E-state index contributed by atoms with van der Waals surface area (Å²) in [6.07, 6.45) is 1.82. The maximum atomic E-state index is 15.1. The normalized spacial score (nSPS) is 22.9. The highest BCUT2D eigenvalue weighted by atomic mass is 32.2. The molecule has 1 saturated heterocycles. The van der Waals surface area contributed by atoms with Crippen molar-refractivity contribution in [1.82, 2.24) is 9.58 Å². The zero-order chi connectivity index (χ0) is 25.1. The van der Waals surface area contributed by atoms with Gasteiger partial charge in [-0.3, -0.25) is 23.7 Å².